The monoisotopic (exact) mass is 237 g/mol. The second-order valence-corrected chi connectivity index (χ2v) is 6.36. The molecule has 3 heterocycles. The van der Waals surface area contributed by atoms with Crippen molar-refractivity contribution in [1.82, 2.24) is 9.80 Å². The van der Waals surface area contributed by atoms with Gasteiger partial charge < -0.3 is 10.6 Å². The lowest BCUT2D eigenvalue weighted by molar-refractivity contribution is 0.108. The zero-order valence-electron chi connectivity index (χ0n) is 11.1. The van der Waals surface area contributed by atoms with E-state index in [2.05, 4.69) is 16.7 Å². The number of rotatable bonds is 3. The van der Waals surface area contributed by atoms with Crippen LogP contribution in [0, 0.1) is 5.92 Å². The molecule has 0 aromatic carbocycles. The van der Waals surface area contributed by atoms with Gasteiger partial charge in [0.05, 0.1) is 0 Å². The molecule has 3 saturated heterocycles. The predicted molar refractivity (Wildman–Crippen MR) is 70.9 cm³/mol. The maximum Gasteiger partial charge on any atom is 0.0114 e. The highest BCUT2D eigenvalue weighted by atomic mass is 15.2. The second kappa shape index (κ2) is 4.87. The van der Waals surface area contributed by atoms with Gasteiger partial charge in [0.2, 0.25) is 0 Å². The van der Waals surface area contributed by atoms with E-state index in [1.807, 2.05) is 0 Å². The van der Waals surface area contributed by atoms with Crippen molar-refractivity contribution in [2.24, 2.45) is 11.7 Å². The van der Waals surface area contributed by atoms with Crippen LogP contribution in [0.1, 0.15) is 39.0 Å². The minimum Gasteiger partial charge on any atom is -0.328 e. The minimum atomic E-state index is 0.486. The van der Waals surface area contributed by atoms with Gasteiger partial charge in [-0.3, -0.25) is 4.90 Å². The molecule has 0 saturated carbocycles. The standard InChI is InChI=1S/C14H27N3/c1-2-16-6-5-11(9-16)10-17-13-3-4-14(17)8-12(15)7-13/h11-14H,2-10,15H2,1H3. The molecule has 0 spiro atoms. The Morgan fingerprint density at radius 1 is 1.12 bits per heavy atom. The number of likely N-dealkylation sites (tertiary alicyclic amines) is 1. The topological polar surface area (TPSA) is 32.5 Å². The Bertz CT molecular complexity index is 254. The maximum atomic E-state index is 6.13. The molecule has 3 nitrogen and oxygen atoms in total. The summed E-state index contributed by atoms with van der Waals surface area (Å²) in [6.07, 6.45) is 6.72. The normalized spacial score (nSPS) is 43.4. The van der Waals surface area contributed by atoms with Crippen molar-refractivity contribution in [2.45, 2.75) is 57.2 Å². The fourth-order valence-electron chi connectivity index (χ4n) is 4.26. The van der Waals surface area contributed by atoms with Gasteiger partial charge in [-0.05, 0) is 51.1 Å². The average Bonchev–Trinajstić information content (AvgIpc) is 2.85. The molecule has 3 atom stereocenters. The lowest BCUT2D eigenvalue weighted by atomic mass is 9.96. The van der Waals surface area contributed by atoms with Gasteiger partial charge in [0.1, 0.15) is 0 Å². The van der Waals surface area contributed by atoms with E-state index in [-0.39, 0.29) is 0 Å². The van der Waals surface area contributed by atoms with Crippen LogP contribution in [0.2, 0.25) is 0 Å². The van der Waals surface area contributed by atoms with Crippen LogP contribution in [0.25, 0.3) is 0 Å². The molecule has 3 aliphatic heterocycles. The molecular weight excluding hydrogens is 210 g/mol. The molecule has 3 fully saturated rings. The summed E-state index contributed by atoms with van der Waals surface area (Å²) in [4.78, 5) is 5.41. The highest BCUT2D eigenvalue weighted by Crippen LogP contribution is 2.36. The van der Waals surface area contributed by atoms with Gasteiger partial charge >= 0.3 is 0 Å². The number of hydrogen-bond donors (Lipinski definition) is 1. The van der Waals surface area contributed by atoms with Gasteiger partial charge in [0.15, 0.2) is 0 Å². The van der Waals surface area contributed by atoms with Crippen molar-refractivity contribution in [3.63, 3.8) is 0 Å². The third kappa shape index (κ3) is 2.38. The summed E-state index contributed by atoms with van der Waals surface area (Å²) >= 11 is 0. The molecule has 0 aliphatic carbocycles. The first kappa shape index (κ1) is 11.9. The van der Waals surface area contributed by atoms with Crippen molar-refractivity contribution < 1.29 is 0 Å². The molecule has 0 amide bonds. The van der Waals surface area contributed by atoms with E-state index in [0.717, 1.165) is 18.0 Å². The second-order valence-electron chi connectivity index (χ2n) is 6.36. The summed E-state index contributed by atoms with van der Waals surface area (Å²) in [5.41, 5.74) is 6.13. The number of nitrogens with two attached hydrogens (primary N) is 1. The number of fused-ring (bicyclic) bond motifs is 2. The van der Waals surface area contributed by atoms with Gasteiger partial charge in [-0.2, -0.15) is 0 Å². The third-order valence-electron chi connectivity index (χ3n) is 5.21. The first-order valence-electron chi connectivity index (χ1n) is 7.50. The first-order valence-corrected chi connectivity index (χ1v) is 7.50. The van der Waals surface area contributed by atoms with Gasteiger partial charge in [-0.1, -0.05) is 6.92 Å². The lowest BCUT2D eigenvalue weighted by Crippen LogP contribution is -2.49. The van der Waals surface area contributed by atoms with Crippen molar-refractivity contribution in [3.8, 4) is 0 Å². The predicted octanol–water partition coefficient (Wildman–Crippen LogP) is 1.28. The zero-order valence-corrected chi connectivity index (χ0v) is 11.1. The Hall–Kier alpha value is -0.120. The fourth-order valence-corrected chi connectivity index (χ4v) is 4.26. The molecule has 98 valence electrons. The van der Waals surface area contributed by atoms with E-state index >= 15 is 0 Å². The van der Waals surface area contributed by atoms with E-state index < -0.39 is 0 Å². The quantitative estimate of drug-likeness (QED) is 0.802. The number of nitrogens with zero attached hydrogens (tertiary/aromatic N) is 2. The molecule has 2 N–H and O–H groups in total. The van der Waals surface area contributed by atoms with E-state index in [4.69, 9.17) is 5.73 Å². The summed E-state index contributed by atoms with van der Waals surface area (Å²) in [5.74, 6) is 0.923. The Morgan fingerprint density at radius 3 is 2.41 bits per heavy atom. The highest BCUT2D eigenvalue weighted by molar-refractivity contribution is 4.97. The molecule has 3 heteroatoms. The van der Waals surface area contributed by atoms with Crippen molar-refractivity contribution in [2.75, 3.05) is 26.2 Å². The Kier molecular flexibility index (Phi) is 3.42. The Labute approximate surface area is 105 Å². The molecule has 0 aromatic rings. The summed E-state index contributed by atoms with van der Waals surface area (Å²) in [5, 5.41) is 0. The van der Waals surface area contributed by atoms with Gasteiger partial charge in [-0.25, -0.2) is 0 Å². The van der Waals surface area contributed by atoms with Gasteiger partial charge in [0, 0.05) is 31.2 Å². The van der Waals surface area contributed by atoms with E-state index in [1.54, 1.807) is 0 Å². The van der Waals surface area contributed by atoms with E-state index in [9.17, 15) is 0 Å². The van der Waals surface area contributed by atoms with Crippen molar-refractivity contribution in [1.29, 1.82) is 0 Å². The van der Waals surface area contributed by atoms with Gasteiger partial charge in [-0.15, -0.1) is 0 Å². The fraction of sp³-hybridized carbons (Fsp3) is 1.00. The van der Waals surface area contributed by atoms with Crippen LogP contribution in [0.5, 0.6) is 0 Å². The van der Waals surface area contributed by atoms with Crippen LogP contribution in [-0.2, 0) is 0 Å². The molecule has 17 heavy (non-hydrogen) atoms. The summed E-state index contributed by atoms with van der Waals surface area (Å²) in [6.45, 7) is 7.51. The number of piperidine rings is 1. The molecule has 0 aromatic heterocycles. The van der Waals surface area contributed by atoms with Crippen LogP contribution >= 0.6 is 0 Å². The number of hydrogen-bond acceptors (Lipinski definition) is 3. The average molecular weight is 237 g/mol. The van der Waals surface area contributed by atoms with Crippen molar-refractivity contribution >= 4 is 0 Å². The molecular formula is C14H27N3. The lowest BCUT2D eigenvalue weighted by Gasteiger charge is -2.39. The summed E-state index contributed by atoms with van der Waals surface area (Å²) in [7, 11) is 0. The van der Waals surface area contributed by atoms with Crippen LogP contribution in [0.4, 0.5) is 0 Å². The zero-order chi connectivity index (χ0) is 11.8. The molecule has 3 rings (SSSR count). The van der Waals surface area contributed by atoms with Crippen LogP contribution in [0.3, 0.4) is 0 Å². The SMILES string of the molecule is CCN1CCC(CN2C3CCC2CC(N)C3)C1. The minimum absolute atomic E-state index is 0.486. The van der Waals surface area contributed by atoms with Crippen molar-refractivity contribution in [3.05, 3.63) is 0 Å². The third-order valence-corrected chi connectivity index (χ3v) is 5.21. The summed E-state index contributed by atoms with van der Waals surface area (Å²) in [6, 6.07) is 2.12. The Balaban J connectivity index is 1.56. The van der Waals surface area contributed by atoms with Crippen LogP contribution in [0.15, 0.2) is 0 Å². The van der Waals surface area contributed by atoms with E-state index in [0.29, 0.717) is 6.04 Å². The molecule has 2 bridgehead atoms. The molecule has 0 radical (unpaired) electrons. The van der Waals surface area contributed by atoms with Gasteiger partial charge in [0.25, 0.3) is 0 Å². The van der Waals surface area contributed by atoms with Crippen LogP contribution < -0.4 is 5.73 Å². The largest absolute Gasteiger partial charge is 0.328 e. The smallest absolute Gasteiger partial charge is 0.0114 e. The van der Waals surface area contributed by atoms with E-state index in [1.165, 1.54) is 58.3 Å². The molecule has 3 unspecified atom stereocenters. The summed E-state index contributed by atoms with van der Waals surface area (Å²) < 4.78 is 0. The molecule has 3 aliphatic rings. The Morgan fingerprint density at radius 2 is 1.82 bits per heavy atom. The first-order chi connectivity index (χ1) is 8.26. The maximum absolute atomic E-state index is 6.13. The highest BCUT2D eigenvalue weighted by Gasteiger charge is 2.40. The van der Waals surface area contributed by atoms with Crippen LogP contribution in [-0.4, -0.2) is 54.1 Å².